The summed E-state index contributed by atoms with van der Waals surface area (Å²) in [6.45, 7) is -0.939. The average molecular weight is 839 g/mol. The Hall–Kier alpha value is -3.95. The van der Waals surface area contributed by atoms with Crippen LogP contribution in [0.4, 0.5) is 0 Å². The van der Waals surface area contributed by atoms with Crippen LogP contribution in [0, 0.1) is 0 Å². The first-order chi connectivity index (χ1) is 18.3. The van der Waals surface area contributed by atoms with Gasteiger partial charge in [-0.2, -0.15) is 19.2 Å². The highest BCUT2D eigenvalue weighted by atomic mass is 31.2. The van der Waals surface area contributed by atoms with E-state index in [-0.39, 0.29) is 114 Å². The third-order valence-electron chi connectivity index (χ3n) is 1.81. The summed E-state index contributed by atoms with van der Waals surface area (Å²) in [6.07, 6.45) is -1.70. The van der Waals surface area contributed by atoms with E-state index in [1.165, 1.54) is 0 Å². The second kappa shape index (κ2) is 103. The van der Waals surface area contributed by atoms with Crippen LogP contribution < -0.4 is 10.6 Å². The van der Waals surface area contributed by atoms with E-state index in [9.17, 15) is 23.5 Å². The molecule has 0 aromatic rings. The van der Waals surface area contributed by atoms with Crippen LogP contribution in [0.2, 0.25) is 0 Å². The van der Waals surface area contributed by atoms with Crippen LogP contribution in [-0.2, 0) is 52.3 Å². The van der Waals surface area contributed by atoms with Gasteiger partial charge in [-0.25, -0.2) is 0 Å². The molecule has 29 nitrogen and oxygen atoms in total. The number of carboxylic acid groups (broad SMARTS) is 5. The number of aliphatic carboxylic acids is 3. The zero-order valence-corrected chi connectivity index (χ0v) is 24.7. The normalized spacial score (nSPS) is 6.98. The van der Waals surface area contributed by atoms with Gasteiger partial charge in [-0.1, -0.05) is 44.6 Å². The van der Waals surface area contributed by atoms with Crippen molar-refractivity contribution >= 4 is 58.3 Å². The average Bonchev–Trinajstić information content (AvgIpc) is 2.80. The minimum atomic E-state index is -4.37. The molecule has 0 aliphatic rings. The summed E-state index contributed by atoms with van der Waals surface area (Å²) < 4.78 is 20.4. The van der Waals surface area contributed by atoms with Crippen molar-refractivity contribution in [3.05, 3.63) is 0 Å². The molecule has 0 spiro atoms. The van der Waals surface area contributed by atoms with E-state index in [1.54, 1.807) is 0 Å². The predicted molar refractivity (Wildman–Crippen MR) is 192 cm³/mol. The van der Waals surface area contributed by atoms with Gasteiger partial charge < -0.3 is 82.7 Å². The van der Waals surface area contributed by atoms with E-state index in [4.69, 9.17) is 84.1 Å². The zero-order valence-electron chi connectivity index (χ0n) is 34.9. The number of carboxylic acids is 3. The standard InChI is InChI=1S/C5H10NO7P.C3H8NO5P.2CH2O2.2CO2.2CH4O.6CH4.5H2O/c7-4(8)1-3(5(9)10)6-2-14(11,12)13;5-3(6)1-4-2-10(7,8)9;4*2-1-3;2*1-2;;;;;;;;;;;/h3,6H,1-2H2,(H,7,8)(H,9,10)(H2,11,12,13);4H,1-2H2,(H,5,6)(H2,7,8,9);2*1H,(H,2,3);;;2*2H,1H3;6*1H4;5*1H2/p+12. The van der Waals surface area contributed by atoms with Gasteiger partial charge in [0.1, 0.15) is 6.04 Å². The number of aliphatic hydroxyl groups excluding tert-OH is 2. The molecule has 0 saturated carbocycles. The molecular formula is C20H76N2O27P2+12. The van der Waals surface area contributed by atoms with E-state index < -0.39 is 64.7 Å². The second-order valence-electron chi connectivity index (χ2n) is 4.54. The molecule has 31 heteroatoms. The number of carbonyl (C=O) groups excluding carboxylic acids is 4. The number of hydrogen-bond donors (Lipinski definition) is 13. The monoisotopic (exact) mass is 838 g/mol. The zero-order chi connectivity index (χ0) is 34.4. The van der Waals surface area contributed by atoms with Crippen LogP contribution in [0.1, 0.15) is 68.1 Å². The van der Waals surface area contributed by atoms with Gasteiger partial charge in [0.15, 0.2) is 0 Å². The Morgan fingerprint density at radius 3 is 0.980 bits per heavy atom. The lowest BCUT2D eigenvalue weighted by Gasteiger charge is -2.12. The van der Waals surface area contributed by atoms with Gasteiger partial charge in [-0.3, -0.25) is 43.7 Å². The Balaban J connectivity index is -0.00000000663. The quantitative estimate of drug-likeness (QED) is 0.0735. The Labute approximate surface area is 312 Å². The third-order valence-corrected chi connectivity index (χ3v) is 3.04. The van der Waals surface area contributed by atoms with Crippen molar-refractivity contribution in [2.24, 2.45) is 0 Å². The van der Waals surface area contributed by atoms with Crippen molar-refractivity contribution in [1.82, 2.24) is 10.6 Å². The van der Waals surface area contributed by atoms with Gasteiger partial charge in [0.05, 0.1) is 25.5 Å². The second-order valence-corrected chi connectivity index (χ2v) is 7.83. The topological polar surface area (TPSA) is 592 Å². The minimum absolute atomic E-state index is 0. The van der Waals surface area contributed by atoms with Crippen LogP contribution in [0.15, 0.2) is 0 Å². The fourth-order valence-corrected chi connectivity index (χ4v) is 1.82. The summed E-state index contributed by atoms with van der Waals surface area (Å²) in [7, 11) is -6.47. The summed E-state index contributed by atoms with van der Waals surface area (Å²) in [4.78, 5) is 113. The van der Waals surface area contributed by atoms with Gasteiger partial charge in [0.2, 0.25) is 0 Å². The largest absolute Gasteiger partial charge is 1.00 e. The summed E-state index contributed by atoms with van der Waals surface area (Å²) in [6, 6.07) is -1.50. The molecule has 0 rings (SSSR count). The highest BCUT2D eigenvalue weighted by Crippen LogP contribution is 2.32. The molecule has 0 aliphatic heterocycles. The molecule has 0 aromatic carbocycles. The van der Waals surface area contributed by atoms with E-state index >= 15 is 0 Å². The fraction of sp³-hybridized carbons (Fsp3) is 0.650. The number of hydrogen-bond acceptors (Lipinski definition) is 15. The number of carbonyl (C=O) groups is 5. The summed E-state index contributed by atoms with van der Waals surface area (Å²) >= 11 is 0. The van der Waals surface area contributed by atoms with Crippen LogP contribution >= 0.6 is 15.2 Å². The molecule has 0 radical (unpaired) electrons. The summed E-state index contributed by atoms with van der Waals surface area (Å²) in [5, 5.41) is 56.5. The highest BCUT2D eigenvalue weighted by Gasteiger charge is 2.23. The van der Waals surface area contributed by atoms with Crippen LogP contribution in [0.5, 0.6) is 0 Å². The Morgan fingerprint density at radius 1 is 0.627 bits per heavy atom. The third kappa shape index (κ3) is 307. The molecule has 326 valence electrons. The summed E-state index contributed by atoms with van der Waals surface area (Å²) in [5.74, 6) is -3.98. The fourth-order valence-electron chi connectivity index (χ4n) is 0.959. The van der Waals surface area contributed by atoms with E-state index in [0.717, 1.165) is 14.2 Å². The van der Waals surface area contributed by atoms with E-state index in [2.05, 4.69) is 5.32 Å². The van der Waals surface area contributed by atoms with Crippen molar-refractivity contribution in [3.63, 3.8) is 0 Å². The van der Waals surface area contributed by atoms with Crippen molar-refractivity contribution in [1.29, 1.82) is 0 Å². The van der Waals surface area contributed by atoms with E-state index in [0.29, 0.717) is 0 Å². The van der Waals surface area contributed by atoms with Gasteiger partial charge >= 0.3 is 62.5 Å². The number of nitrogens with one attached hydrogen (secondary N) is 2. The minimum Gasteiger partial charge on any atom is -0.483 e. The Kier molecular flexibility index (Phi) is 257. The smallest absolute Gasteiger partial charge is 0.483 e. The van der Waals surface area contributed by atoms with Gasteiger partial charge in [-0.05, 0) is 0 Å². The van der Waals surface area contributed by atoms with Crippen LogP contribution in [-0.4, -0.2) is 165 Å². The summed E-state index contributed by atoms with van der Waals surface area (Å²) in [5.41, 5.74) is 0. The van der Waals surface area contributed by atoms with Crippen molar-refractivity contribution in [2.45, 2.75) is 57.0 Å². The maximum Gasteiger partial charge on any atom is 1.00 e. The van der Waals surface area contributed by atoms with Gasteiger partial charge in [-0.15, -0.1) is 0 Å². The lowest BCUT2D eigenvalue weighted by molar-refractivity contribution is -0.193. The Bertz CT molecular complexity index is 820. The highest BCUT2D eigenvalue weighted by molar-refractivity contribution is 7.51. The molecule has 0 saturated heterocycles. The first kappa shape index (κ1) is 127. The SMILES string of the molecule is C.C.C.C.C.C.CO.CO.O.O.O.O.O.O=C(O)CC(NCP(=O)(O)O)C(=O)O.O=C(O)CNCP(=O)(O)O.O=C=O.O=C=O.O=CO.O=CO.[H+].[H+].[H+].[H+].[H+].[H+].[H+].[H+].[H+].[H+].[H+].[H+]. The molecule has 0 heterocycles. The molecule has 1 atom stereocenters. The molecule has 0 amide bonds. The molecule has 0 aromatic heterocycles. The van der Waals surface area contributed by atoms with Crippen molar-refractivity contribution in [3.8, 4) is 0 Å². The first-order valence-corrected chi connectivity index (χ1v) is 12.1. The maximum absolute atomic E-state index is 10.4. The molecular weight excluding hydrogens is 762 g/mol. The van der Waals surface area contributed by atoms with Crippen molar-refractivity contribution < 1.29 is 152 Å². The number of aliphatic hydroxyl groups is 2. The van der Waals surface area contributed by atoms with Gasteiger partial charge in [0.25, 0.3) is 12.9 Å². The molecule has 0 aliphatic carbocycles. The molecule has 0 bridgehead atoms. The number of rotatable bonds is 10. The maximum atomic E-state index is 10.4. The molecule has 23 N–H and O–H groups in total. The molecule has 51 heavy (non-hydrogen) atoms. The van der Waals surface area contributed by atoms with E-state index in [1.807, 2.05) is 5.32 Å². The lowest BCUT2D eigenvalue weighted by atomic mass is 10.2. The molecule has 1 unspecified atom stereocenters. The first-order valence-electron chi connectivity index (χ1n) is 8.53. The Morgan fingerprint density at radius 2 is 0.843 bits per heavy atom. The van der Waals surface area contributed by atoms with Gasteiger partial charge in [0, 0.05) is 14.2 Å². The molecule has 0 fully saturated rings. The van der Waals surface area contributed by atoms with Crippen LogP contribution in [0.25, 0.3) is 0 Å². The van der Waals surface area contributed by atoms with Crippen molar-refractivity contribution in [2.75, 3.05) is 33.3 Å². The lowest BCUT2D eigenvalue weighted by Crippen LogP contribution is -2.38. The van der Waals surface area contributed by atoms with Crippen LogP contribution in [0.3, 0.4) is 0 Å². The predicted octanol–water partition coefficient (Wildman–Crippen LogP) is -4.07.